The van der Waals surface area contributed by atoms with E-state index < -0.39 is 0 Å². The molecule has 0 amide bonds. The number of hydrogen-bond donors (Lipinski definition) is 1. The largest absolute Gasteiger partial charge is 0.496 e. The summed E-state index contributed by atoms with van der Waals surface area (Å²) >= 11 is 0. The van der Waals surface area contributed by atoms with E-state index in [1.165, 1.54) is 23.1 Å². The Hall–Kier alpha value is -1.02. The Morgan fingerprint density at radius 2 is 1.86 bits per heavy atom. The van der Waals surface area contributed by atoms with E-state index in [2.05, 4.69) is 46.8 Å². The molecule has 0 bridgehead atoms. The van der Waals surface area contributed by atoms with Gasteiger partial charge in [-0.3, -0.25) is 0 Å². The van der Waals surface area contributed by atoms with E-state index in [0.29, 0.717) is 6.04 Å². The van der Waals surface area contributed by atoms with E-state index in [9.17, 15) is 0 Å². The van der Waals surface area contributed by atoms with Gasteiger partial charge in [0, 0.05) is 11.6 Å². The van der Waals surface area contributed by atoms with Crippen molar-refractivity contribution in [2.45, 2.75) is 78.2 Å². The molecule has 0 radical (unpaired) electrons. The highest BCUT2D eigenvalue weighted by Gasteiger charge is 2.21. The smallest absolute Gasteiger partial charge is 0.125 e. The summed E-state index contributed by atoms with van der Waals surface area (Å²) in [4.78, 5) is 0. The van der Waals surface area contributed by atoms with Gasteiger partial charge in [0.15, 0.2) is 0 Å². The first-order valence-electron chi connectivity index (χ1n) is 8.23. The predicted molar refractivity (Wildman–Crippen MR) is 92.3 cm³/mol. The topological polar surface area (TPSA) is 35.2 Å². The molecule has 0 aromatic heterocycles. The van der Waals surface area contributed by atoms with Crippen LogP contribution in [0.4, 0.5) is 0 Å². The Labute approximate surface area is 131 Å². The Kier molecular flexibility index (Phi) is 6.73. The van der Waals surface area contributed by atoms with Gasteiger partial charge in [0.1, 0.15) is 5.75 Å². The van der Waals surface area contributed by atoms with Gasteiger partial charge in [-0.2, -0.15) is 0 Å². The van der Waals surface area contributed by atoms with E-state index in [-0.39, 0.29) is 5.41 Å². The standard InChI is InChI=1S/C19H33NO/c1-7-9-16(20)11-8-10-15-12-14(2)13-17(18(15)21-6)19(3,4)5/h12-13,16H,7-11,20H2,1-6H3. The first kappa shape index (κ1) is 18.0. The molecule has 0 aliphatic heterocycles. The van der Waals surface area contributed by atoms with Crippen LogP contribution in [0.25, 0.3) is 0 Å². The summed E-state index contributed by atoms with van der Waals surface area (Å²) in [5.74, 6) is 1.07. The first-order chi connectivity index (χ1) is 9.79. The molecule has 0 aliphatic carbocycles. The fourth-order valence-corrected chi connectivity index (χ4v) is 2.90. The number of methoxy groups -OCH3 is 1. The SMILES string of the molecule is CCCC(N)CCCc1cc(C)cc(C(C)(C)C)c1OC. The molecule has 0 saturated carbocycles. The molecule has 0 heterocycles. The minimum atomic E-state index is 0.102. The second-order valence-corrected chi connectivity index (χ2v) is 7.20. The predicted octanol–water partition coefficient (Wildman–Crippen LogP) is 4.75. The third-order valence-corrected chi connectivity index (χ3v) is 4.00. The summed E-state index contributed by atoms with van der Waals surface area (Å²) < 4.78 is 5.73. The molecule has 2 N–H and O–H groups in total. The lowest BCUT2D eigenvalue weighted by molar-refractivity contribution is 0.391. The molecule has 1 aromatic rings. The average molecular weight is 291 g/mol. The van der Waals surface area contributed by atoms with Crippen molar-refractivity contribution in [2.24, 2.45) is 5.73 Å². The van der Waals surface area contributed by atoms with Crippen molar-refractivity contribution in [3.63, 3.8) is 0 Å². The Balaban J connectivity index is 2.89. The van der Waals surface area contributed by atoms with Crippen LogP contribution < -0.4 is 10.5 Å². The molecule has 21 heavy (non-hydrogen) atoms. The van der Waals surface area contributed by atoms with Crippen LogP contribution in [0.1, 0.15) is 70.1 Å². The zero-order chi connectivity index (χ0) is 16.0. The van der Waals surface area contributed by atoms with E-state index >= 15 is 0 Å². The van der Waals surface area contributed by atoms with Gasteiger partial charge >= 0.3 is 0 Å². The van der Waals surface area contributed by atoms with Gasteiger partial charge < -0.3 is 10.5 Å². The zero-order valence-corrected chi connectivity index (χ0v) is 14.8. The van der Waals surface area contributed by atoms with Crippen LogP contribution in [0.15, 0.2) is 12.1 Å². The third kappa shape index (κ3) is 5.35. The van der Waals surface area contributed by atoms with E-state index in [4.69, 9.17) is 10.5 Å². The van der Waals surface area contributed by atoms with Crippen LogP contribution in [0.2, 0.25) is 0 Å². The molecule has 2 heteroatoms. The lowest BCUT2D eigenvalue weighted by Gasteiger charge is -2.25. The van der Waals surface area contributed by atoms with E-state index in [1.54, 1.807) is 7.11 Å². The quantitative estimate of drug-likeness (QED) is 0.786. The lowest BCUT2D eigenvalue weighted by Crippen LogP contribution is -2.19. The van der Waals surface area contributed by atoms with Crippen molar-refractivity contribution >= 4 is 0 Å². The Morgan fingerprint density at radius 3 is 2.38 bits per heavy atom. The van der Waals surface area contributed by atoms with Crippen molar-refractivity contribution in [1.82, 2.24) is 0 Å². The zero-order valence-electron chi connectivity index (χ0n) is 14.8. The molecule has 1 atom stereocenters. The highest BCUT2D eigenvalue weighted by molar-refractivity contribution is 5.47. The van der Waals surface area contributed by atoms with Gasteiger partial charge in [-0.05, 0) is 43.6 Å². The monoisotopic (exact) mass is 291 g/mol. The molecule has 1 rings (SSSR count). The molecular formula is C19H33NO. The summed E-state index contributed by atoms with van der Waals surface area (Å²) in [5.41, 5.74) is 10.2. The Morgan fingerprint density at radius 1 is 1.19 bits per heavy atom. The van der Waals surface area contributed by atoms with E-state index in [1.807, 2.05) is 0 Å². The summed E-state index contributed by atoms with van der Waals surface area (Å²) in [6, 6.07) is 4.86. The highest BCUT2D eigenvalue weighted by atomic mass is 16.5. The minimum Gasteiger partial charge on any atom is -0.496 e. The normalized spacial score (nSPS) is 13.3. The summed E-state index contributed by atoms with van der Waals surface area (Å²) in [6.45, 7) is 11.1. The van der Waals surface area contributed by atoms with Crippen LogP contribution in [0.3, 0.4) is 0 Å². The van der Waals surface area contributed by atoms with Gasteiger partial charge in [0.25, 0.3) is 0 Å². The van der Waals surface area contributed by atoms with Gasteiger partial charge in [-0.25, -0.2) is 0 Å². The van der Waals surface area contributed by atoms with Gasteiger partial charge in [-0.15, -0.1) is 0 Å². The number of hydrogen-bond acceptors (Lipinski definition) is 2. The van der Waals surface area contributed by atoms with Crippen LogP contribution >= 0.6 is 0 Å². The number of rotatable bonds is 7. The second kappa shape index (κ2) is 7.84. The molecular weight excluding hydrogens is 258 g/mol. The van der Waals surface area contributed by atoms with Crippen LogP contribution in [0.5, 0.6) is 5.75 Å². The molecule has 2 nitrogen and oxygen atoms in total. The highest BCUT2D eigenvalue weighted by Crippen LogP contribution is 2.35. The summed E-state index contributed by atoms with van der Waals surface area (Å²) in [5, 5.41) is 0. The number of aryl methyl sites for hydroxylation is 2. The van der Waals surface area contributed by atoms with Gasteiger partial charge in [0.05, 0.1) is 7.11 Å². The first-order valence-corrected chi connectivity index (χ1v) is 8.23. The van der Waals surface area contributed by atoms with Gasteiger partial charge in [-0.1, -0.05) is 51.8 Å². The van der Waals surface area contributed by atoms with Crippen molar-refractivity contribution in [3.8, 4) is 5.75 Å². The molecule has 1 aromatic carbocycles. The minimum absolute atomic E-state index is 0.102. The molecule has 120 valence electrons. The van der Waals surface area contributed by atoms with Crippen molar-refractivity contribution in [3.05, 3.63) is 28.8 Å². The third-order valence-electron chi connectivity index (χ3n) is 4.00. The number of ether oxygens (including phenoxy) is 1. The molecule has 0 fully saturated rings. The maximum atomic E-state index is 6.12. The fourth-order valence-electron chi connectivity index (χ4n) is 2.90. The average Bonchev–Trinajstić information content (AvgIpc) is 2.37. The van der Waals surface area contributed by atoms with E-state index in [0.717, 1.165) is 31.4 Å². The molecule has 0 aliphatic rings. The van der Waals surface area contributed by atoms with Gasteiger partial charge in [0.2, 0.25) is 0 Å². The summed E-state index contributed by atoms with van der Waals surface area (Å²) in [7, 11) is 1.78. The summed E-state index contributed by atoms with van der Waals surface area (Å²) in [6.07, 6.45) is 5.56. The number of nitrogens with two attached hydrogens (primary N) is 1. The maximum Gasteiger partial charge on any atom is 0.125 e. The molecule has 0 spiro atoms. The second-order valence-electron chi connectivity index (χ2n) is 7.20. The van der Waals surface area contributed by atoms with Crippen molar-refractivity contribution < 1.29 is 4.74 Å². The van der Waals surface area contributed by atoms with Crippen LogP contribution in [0, 0.1) is 6.92 Å². The fraction of sp³-hybridized carbons (Fsp3) is 0.684. The Bertz CT molecular complexity index is 446. The van der Waals surface area contributed by atoms with Crippen LogP contribution in [-0.2, 0) is 11.8 Å². The van der Waals surface area contributed by atoms with Crippen molar-refractivity contribution in [1.29, 1.82) is 0 Å². The lowest BCUT2D eigenvalue weighted by atomic mass is 9.83. The molecule has 0 saturated heterocycles. The van der Waals surface area contributed by atoms with Crippen molar-refractivity contribution in [2.75, 3.05) is 7.11 Å². The molecule has 1 unspecified atom stereocenters. The number of benzene rings is 1. The van der Waals surface area contributed by atoms with Crippen LogP contribution in [-0.4, -0.2) is 13.2 Å². The maximum absolute atomic E-state index is 6.12.